The topological polar surface area (TPSA) is 111 Å². The molecule has 0 unspecified atom stereocenters. The fraction of sp³-hybridized carbons (Fsp3) is 0.226. The van der Waals surface area contributed by atoms with Crippen molar-refractivity contribution in [1.82, 2.24) is 5.32 Å². The van der Waals surface area contributed by atoms with Gasteiger partial charge in [0.1, 0.15) is 6.54 Å². The molecule has 1 aliphatic rings. The molecule has 3 aromatic carbocycles. The van der Waals surface area contributed by atoms with Crippen LogP contribution in [0, 0.1) is 6.92 Å². The summed E-state index contributed by atoms with van der Waals surface area (Å²) >= 11 is 11.9. The number of methoxy groups -OCH3 is 2. The van der Waals surface area contributed by atoms with E-state index in [-0.39, 0.29) is 24.3 Å². The molecular formula is C31H30Cl2N2O6. The number of amides is 2. The maximum absolute atomic E-state index is 12.1. The lowest BCUT2D eigenvalue weighted by Crippen LogP contribution is -2.29. The third-order valence-electron chi connectivity index (χ3n) is 6.24. The van der Waals surface area contributed by atoms with Crippen LogP contribution in [-0.4, -0.2) is 44.5 Å². The van der Waals surface area contributed by atoms with E-state index in [4.69, 9.17) is 27.9 Å². The zero-order chi connectivity index (χ0) is 29.9. The van der Waals surface area contributed by atoms with E-state index in [1.165, 1.54) is 20.3 Å². The van der Waals surface area contributed by atoms with Gasteiger partial charge in [-0.2, -0.15) is 0 Å². The predicted octanol–water partition coefficient (Wildman–Crippen LogP) is 6.04. The molecule has 2 N–H and O–H groups in total. The highest BCUT2D eigenvalue weighted by atomic mass is 35.5. The Kier molecular flexibility index (Phi) is 11.5. The first kappa shape index (κ1) is 31.4. The summed E-state index contributed by atoms with van der Waals surface area (Å²) in [6.07, 6.45) is 3.82. The van der Waals surface area contributed by atoms with Crippen molar-refractivity contribution in [2.75, 3.05) is 26.1 Å². The van der Waals surface area contributed by atoms with Crippen LogP contribution >= 0.6 is 23.2 Å². The second kappa shape index (κ2) is 15.0. The second-order valence-electron chi connectivity index (χ2n) is 9.06. The number of benzene rings is 3. The number of esters is 2. The van der Waals surface area contributed by atoms with Crippen molar-refractivity contribution in [2.24, 2.45) is 0 Å². The number of allylic oxidation sites excluding steroid dienone is 1. The fourth-order valence-corrected chi connectivity index (χ4v) is 4.75. The van der Waals surface area contributed by atoms with Crippen LogP contribution in [0.5, 0.6) is 0 Å². The summed E-state index contributed by atoms with van der Waals surface area (Å²) in [7, 11) is 2.61. The van der Waals surface area contributed by atoms with E-state index in [0.717, 1.165) is 41.5 Å². The molecule has 0 spiro atoms. The molecule has 0 aliphatic heterocycles. The number of ether oxygens (including phenoxy) is 2. The molecule has 3 aromatic rings. The van der Waals surface area contributed by atoms with E-state index in [0.29, 0.717) is 26.9 Å². The van der Waals surface area contributed by atoms with Crippen LogP contribution in [-0.2, 0) is 25.5 Å². The van der Waals surface area contributed by atoms with Crippen LogP contribution in [0.15, 0.2) is 66.7 Å². The zero-order valence-corrected chi connectivity index (χ0v) is 24.4. The van der Waals surface area contributed by atoms with Crippen LogP contribution < -0.4 is 10.6 Å². The molecule has 8 nitrogen and oxygen atoms in total. The molecule has 214 valence electrons. The molecule has 10 heteroatoms. The number of nitrogens with one attached hydrogen (secondary N) is 2. The van der Waals surface area contributed by atoms with Gasteiger partial charge >= 0.3 is 11.9 Å². The highest BCUT2D eigenvalue weighted by Gasteiger charge is 2.21. The predicted molar refractivity (Wildman–Crippen MR) is 159 cm³/mol. The maximum atomic E-state index is 12.1. The summed E-state index contributed by atoms with van der Waals surface area (Å²) in [6.45, 7) is 1.81. The number of fused-ring (bicyclic) bond motifs is 1. The van der Waals surface area contributed by atoms with Crippen molar-refractivity contribution in [3.8, 4) is 0 Å². The quantitative estimate of drug-likeness (QED) is 0.265. The van der Waals surface area contributed by atoms with Crippen LogP contribution in [0.2, 0.25) is 10.0 Å². The van der Waals surface area contributed by atoms with Crippen molar-refractivity contribution in [2.45, 2.75) is 26.2 Å². The molecular weight excluding hydrogens is 567 g/mol. The number of rotatable bonds is 6. The lowest BCUT2D eigenvalue weighted by atomic mass is 9.84. The second-order valence-corrected chi connectivity index (χ2v) is 9.87. The molecule has 0 saturated heterocycles. The monoisotopic (exact) mass is 596 g/mol. The number of carbonyl (C=O) groups is 4. The molecule has 0 aromatic heterocycles. The minimum Gasteiger partial charge on any atom is -0.468 e. The zero-order valence-electron chi connectivity index (χ0n) is 22.9. The Bertz CT molecular complexity index is 1450. The van der Waals surface area contributed by atoms with E-state index in [9.17, 15) is 19.2 Å². The molecule has 1 aliphatic carbocycles. The van der Waals surface area contributed by atoms with Gasteiger partial charge in [0.2, 0.25) is 5.91 Å². The van der Waals surface area contributed by atoms with Gasteiger partial charge in [-0.05, 0) is 73.2 Å². The summed E-state index contributed by atoms with van der Waals surface area (Å²) in [5.74, 6) is -1.55. The average Bonchev–Trinajstić information content (AvgIpc) is 2.97. The van der Waals surface area contributed by atoms with Crippen LogP contribution in [0.4, 0.5) is 5.69 Å². The van der Waals surface area contributed by atoms with Gasteiger partial charge in [0.25, 0.3) is 5.91 Å². The molecule has 0 atom stereocenters. The smallest absolute Gasteiger partial charge is 0.338 e. The molecule has 0 bridgehead atoms. The number of aryl methyl sites for hydroxylation is 1. The van der Waals surface area contributed by atoms with E-state index in [2.05, 4.69) is 15.4 Å². The lowest BCUT2D eigenvalue weighted by molar-refractivity contribution is -0.140. The first-order chi connectivity index (χ1) is 19.6. The van der Waals surface area contributed by atoms with Gasteiger partial charge in [0, 0.05) is 11.8 Å². The summed E-state index contributed by atoms with van der Waals surface area (Å²) in [5.41, 5.74) is 5.29. The molecule has 41 heavy (non-hydrogen) atoms. The average molecular weight is 597 g/mol. The molecule has 0 fully saturated rings. The highest BCUT2D eigenvalue weighted by Crippen LogP contribution is 2.33. The Morgan fingerprint density at radius 3 is 2.17 bits per heavy atom. The Balaban J connectivity index is 0.000000232. The van der Waals surface area contributed by atoms with Gasteiger partial charge in [-0.15, -0.1) is 0 Å². The Morgan fingerprint density at radius 2 is 1.54 bits per heavy atom. The van der Waals surface area contributed by atoms with E-state index < -0.39 is 5.97 Å². The SMILES string of the molecule is COC(=O)CNC(=O)/C=C1/CCCc2c(C(=O)OC)cccc21.Cc1ccc(NC(=O)c2c(Cl)cccc2Cl)cc1. The Hall–Kier alpha value is -4.14. The molecule has 0 saturated carbocycles. The molecule has 0 heterocycles. The van der Waals surface area contributed by atoms with Crippen molar-refractivity contribution in [1.29, 1.82) is 0 Å². The molecule has 4 rings (SSSR count). The van der Waals surface area contributed by atoms with Gasteiger partial charge in [-0.1, -0.05) is 59.1 Å². The minimum atomic E-state index is -0.506. The third kappa shape index (κ3) is 8.67. The largest absolute Gasteiger partial charge is 0.468 e. The van der Waals surface area contributed by atoms with Gasteiger partial charge in [-0.3, -0.25) is 14.4 Å². The first-order valence-corrected chi connectivity index (χ1v) is 13.5. The van der Waals surface area contributed by atoms with Crippen molar-refractivity contribution in [3.05, 3.63) is 105 Å². The van der Waals surface area contributed by atoms with Gasteiger partial charge in [0.15, 0.2) is 0 Å². The number of halogens is 2. The minimum absolute atomic E-state index is 0.172. The Morgan fingerprint density at radius 1 is 0.878 bits per heavy atom. The standard InChI is InChI=1S/C17H19NO5.C14H11Cl2NO/c1-22-16(20)10-18-15(19)9-11-5-3-7-13-12(11)6-4-8-14(13)17(21)23-2;1-9-5-7-10(8-6-9)17-14(18)13-11(15)3-2-4-12(13)16/h4,6,8-9H,3,5,7,10H2,1-2H3,(H,18,19);2-8H,1H3,(H,17,18)/b11-9-;. The molecule has 2 amide bonds. The molecule has 0 radical (unpaired) electrons. The van der Waals surface area contributed by atoms with Gasteiger partial charge < -0.3 is 20.1 Å². The maximum Gasteiger partial charge on any atom is 0.338 e. The summed E-state index contributed by atoms with van der Waals surface area (Å²) in [4.78, 5) is 46.9. The van der Waals surface area contributed by atoms with Gasteiger partial charge in [-0.25, -0.2) is 4.79 Å². The lowest BCUT2D eigenvalue weighted by Gasteiger charge is -2.21. The van der Waals surface area contributed by atoms with Crippen LogP contribution in [0.3, 0.4) is 0 Å². The van der Waals surface area contributed by atoms with Crippen molar-refractivity contribution in [3.63, 3.8) is 0 Å². The van der Waals surface area contributed by atoms with Crippen molar-refractivity contribution >= 4 is 58.2 Å². The fourth-order valence-electron chi connectivity index (χ4n) is 4.18. The van der Waals surface area contributed by atoms with E-state index in [1.807, 2.05) is 37.3 Å². The van der Waals surface area contributed by atoms with Gasteiger partial charge in [0.05, 0.1) is 35.4 Å². The normalized spacial score (nSPS) is 12.8. The van der Waals surface area contributed by atoms with Crippen molar-refractivity contribution < 1.29 is 28.7 Å². The Labute approximate surface area is 248 Å². The summed E-state index contributed by atoms with van der Waals surface area (Å²) in [6, 6.07) is 17.9. The van der Waals surface area contributed by atoms with E-state index in [1.54, 1.807) is 30.3 Å². The number of hydrogen-bond acceptors (Lipinski definition) is 6. The third-order valence-corrected chi connectivity index (χ3v) is 6.87. The first-order valence-electron chi connectivity index (χ1n) is 12.7. The number of anilines is 1. The van der Waals surface area contributed by atoms with Crippen LogP contribution in [0.25, 0.3) is 5.57 Å². The number of hydrogen-bond donors (Lipinski definition) is 2. The van der Waals surface area contributed by atoms with E-state index >= 15 is 0 Å². The summed E-state index contributed by atoms with van der Waals surface area (Å²) in [5, 5.41) is 5.92. The van der Waals surface area contributed by atoms with Crippen LogP contribution in [0.1, 0.15) is 50.2 Å². The highest BCUT2D eigenvalue weighted by molar-refractivity contribution is 6.40. The number of carbonyl (C=O) groups excluding carboxylic acids is 4. The summed E-state index contributed by atoms with van der Waals surface area (Å²) < 4.78 is 9.28.